The van der Waals surface area contributed by atoms with Crippen molar-refractivity contribution in [2.24, 2.45) is 11.8 Å². The molecular formula is C11H21F2N. The first-order valence-corrected chi connectivity index (χ1v) is 5.57. The molecule has 1 aliphatic carbocycles. The lowest BCUT2D eigenvalue weighted by Crippen LogP contribution is -2.59. The molecule has 0 spiro atoms. The van der Waals surface area contributed by atoms with E-state index in [-0.39, 0.29) is 5.92 Å². The molecule has 0 amide bonds. The second kappa shape index (κ2) is 4.56. The van der Waals surface area contributed by atoms with Crippen molar-refractivity contribution in [3.63, 3.8) is 0 Å². The van der Waals surface area contributed by atoms with Crippen LogP contribution in [0.25, 0.3) is 0 Å². The largest absolute Gasteiger partial charge is 0.306 e. The van der Waals surface area contributed by atoms with Gasteiger partial charge in [-0.1, -0.05) is 33.6 Å². The van der Waals surface area contributed by atoms with Crippen molar-refractivity contribution in [2.45, 2.75) is 52.0 Å². The van der Waals surface area contributed by atoms with Gasteiger partial charge in [-0.15, -0.1) is 0 Å². The van der Waals surface area contributed by atoms with Crippen molar-refractivity contribution in [1.82, 2.24) is 5.32 Å². The zero-order chi connectivity index (χ0) is 10.8. The third-order valence-electron chi connectivity index (χ3n) is 3.81. The number of nitrogens with one attached hydrogen (secondary N) is 1. The van der Waals surface area contributed by atoms with E-state index >= 15 is 0 Å². The van der Waals surface area contributed by atoms with Crippen LogP contribution in [0.4, 0.5) is 8.78 Å². The van der Waals surface area contributed by atoms with Gasteiger partial charge in [-0.2, -0.15) is 0 Å². The van der Waals surface area contributed by atoms with Crippen LogP contribution in [0.1, 0.15) is 40.0 Å². The topological polar surface area (TPSA) is 12.0 Å². The molecule has 0 radical (unpaired) electrons. The van der Waals surface area contributed by atoms with Gasteiger partial charge in [0.1, 0.15) is 0 Å². The Labute approximate surface area is 85.3 Å². The molecule has 0 saturated heterocycles. The van der Waals surface area contributed by atoms with E-state index in [9.17, 15) is 8.78 Å². The third kappa shape index (κ3) is 1.92. The summed E-state index contributed by atoms with van der Waals surface area (Å²) in [5.41, 5.74) is -0.924. The van der Waals surface area contributed by atoms with Gasteiger partial charge in [-0.05, 0) is 24.8 Å². The van der Waals surface area contributed by atoms with E-state index in [2.05, 4.69) is 12.2 Å². The van der Waals surface area contributed by atoms with Crippen LogP contribution in [0.5, 0.6) is 0 Å². The standard InChI is InChI=1S/C11H21F2N/c1-4-14-11(10(12)13)7-5-6-8(2)9(11)3/h8-10,14H,4-7H2,1-3H3. The lowest BCUT2D eigenvalue weighted by Gasteiger charge is -2.45. The van der Waals surface area contributed by atoms with E-state index < -0.39 is 12.0 Å². The minimum atomic E-state index is -2.25. The molecule has 0 aromatic rings. The molecule has 1 aliphatic rings. The van der Waals surface area contributed by atoms with Gasteiger partial charge in [0.05, 0.1) is 5.54 Å². The molecule has 14 heavy (non-hydrogen) atoms. The average Bonchev–Trinajstić information content (AvgIpc) is 2.13. The summed E-state index contributed by atoms with van der Waals surface area (Å²) in [7, 11) is 0. The lowest BCUT2D eigenvalue weighted by molar-refractivity contribution is -0.0405. The van der Waals surface area contributed by atoms with E-state index in [4.69, 9.17) is 0 Å². The van der Waals surface area contributed by atoms with Crippen molar-refractivity contribution in [2.75, 3.05) is 6.54 Å². The van der Waals surface area contributed by atoms with Crippen molar-refractivity contribution in [1.29, 1.82) is 0 Å². The van der Waals surface area contributed by atoms with E-state index in [1.165, 1.54) is 0 Å². The average molecular weight is 205 g/mol. The van der Waals surface area contributed by atoms with Crippen molar-refractivity contribution in [3.05, 3.63) is 0 Å². The molecule has 0 aromatic carbocycles. The van der Waals surface area contributed by atoms with E-state index in [1.807, 2.05) is 13.8 Å². The van der Waals surface area contributed by atoms with E-state index in [1.54, 1.807) is 0 Å². The van der Waals surface area contributed by atoms with Gasteiger partial charge in [0.2, 0.25) is 0 Å². The highest BCUT2D eigenvalue weighted by atomic mass is 19.3. The van der Waals surface area contributed by atoms with Gasteiger partial charge in [0, 0.05) is 0 Å². The molecule has 1 N–H and O–H groups in total. The summed E-state index contributed by atoms with van der Waals surface area (Å²) in [5, 5.41) is 3.03. The van der Waals surface area contributed by atoms with Crippen LogP contribution in [-0.2, 0) is 0 Å². The molecule has 84 valence electrons. The Morgan fingerprint density at radius 3 is 2.57 bits per heavy atom. The van der Waals surface area contributed by atoms with Crippen LogP contribution in [0.2, 0.25) is 0 Å². The molecule has 0 aromatic heterocycles. The first-order valence-electron chi connectivity index (χ1n) is 5.57. The van der Waals surface area contributed by atoms with Crippen LogP contribution >= 0.6 is 0 Å². The summed E-state index contributed by atoms with van der Waals surface area (Å²) in [6, 6.07) is 0. The Morgan fingerprint density at radius 2 is 2.07 bits per heavy atom. The predicted octanol–water partition coefficient (Wildman–Crippen LogP) is 3.06. The fraction of sp³-hybridized carbons (Fsp3) is 1.00. The monoisotopic (exact) mass is 205 g/mol. The third-order valence-corrected chi connectivity index (χ3v) is 3.81. The predicted molar refractivity (Wildman–Crippen MR) is 54.6 cm³/mol. The Morgan fingerprint density at radius 1 is 1.43 bits per heavy atom. The Bertz CT molecular complexity index is 180. The van der Waals surface area contributed by atoms with Crippen LogP contribution in [0.15, 0.2) is 0 Å². The lowest BCUT2D eigenvalue weighted by atomic mass is 9.68. The van der Waals surface area contributed by atoms with E-state index in [0.717, 1.165) is 12.8 Å². The molecule has 3 atom stereocenters. The minimum Gasteiger partial charge on any atom is -0.306 e. The zero-order valence-electron chi connectivity index (χ0n) is 9.32. The molecule has 3 heteroatoms. The van der Waals surface area contributed by atoms with Crippen LogP contribution < -0.4 is 5.32 Å². The number of hydrogen-bond acceptors (Lipinski definition) is 1. The number of rotatable bonds is 3. The quantitative estimate of drug-likeness (QED) is 0.746. The fourth-order valence-electron chi connectivity index (χ4n) is 2.67. The first-order chi connectivity index (χ1) is 6.54. The molecule has 1 nitrogen and oxygen atoms in total. The summed E-state index contributed by atoms with van der Waals surface area (Å²) in [6.45, 7) is 6.56. The maximum Gasteiger partial charge on any atom is 0.256 e. The van der Waals surface area contributed by atoms with Crippen molar-refractivity contribution < 1.29 is 8.78 Å². The number of halogens is 2. The van der Waals surface area contributed by atoms with Gasteiger partial charge in [0.25, 0.3) is 6.43 Å². The van der Waals surface area contributed by atoms with Gasteiger partial charge in [-0.25, -0.2) is 8.78 Å². The molecule has 1 fully saturated rings. The van der Waals surface area contributed by atoms with Crippen LogP contribution in [0.3, 0.4) is 0 Å². The van der Waals surface area contributed by atoms with Gasteiger partial charge in [0.15, 0.2) is 0 Å². The minimum absolute atomic E-state index is 0.0659. The summed E-state index contributed by atoms with van der Waals surface area (Å²) in [5.74, 6) is 0.466. The summed E-state index contributed by atoms with van der Waals surface area (Å²) in [6.07, 6.45) is 0.369. The Balaban J connectivity index is 2.83. The van der Waals surface area contributed by atoms with Crippen LogP contribution in [-0.4, -0.2) is 18.5 Å². The SMILES string of the molecule is CCNC1(C(F)F)CCCC(C)C1C. The van der Waals surface area contributed by atoms with Gasteiger partial charge >= 0.3 is 0 Å². The zero-order valence-corrected chi connectivity index (χ0v) is 9.32. The fourth-order valence-corrected chi connectivity index (χ4v) is 2.67. The maximum absolute atomic E-state index is 13.1. The normalized spacial score (nSPS) is 39.0. The van der Waals surface area contributed by atoms with Crippen molar-refractivity contribution >= 4 is 0 Å². The highest BCUT2D eigenvalue weighted by molar-refractivity contribution is 4.99. The molecular weight excluding hydrogens is 184 g/mol. The highest BCUT2D eigenvalue weighted by Gasteiger charge is 2.47. The molecule has 0 bridgehead atoms. The summed E-state index contributed by atoms with van der Waals surface area (Å²) in [4.78, 5) is 0. The van der Waals surface area contributed by atoms with E-state index in [0.29, 0.717) is 18.9 Å². The molecule has 1 rings (SSSR count). The summed E-state index contributed by atoms with van der Waals surface area (Å²) < 4.78 is 26.2. The van der Waals surface area contributed by atoms with Gasteiger partial charge in [-0.3, -0.25) is 0 Å². The smallest absolute Gasteiger partial charge is 0.256 e. The Kier molecular flexibility index (Phi) is 3.87. The second-order valence-corrected chi connectivity index (χ2v) is 4.53. The molecule has 0 heterocycles. The van der Waals surface area contributed by atoms with Gasteiger partial charge < -0.3 is 5.32 Å². The highest BCUT2D eigenvalue weighted by Crippen LogP contribution is 2.41. The Hall–Kier alpha value is -0.180. The molecule has 1 saturated carbocycles. The van der Waals surface area contributed by atoms with Crippen LogP contribution in [0, 0.1) is 11.8 Å². The number of hydrogen-bond donors (Lipinski definition) is 1. The number of alkyl halides is 2. The maximum atomic E-state index is 13.1. The molecule has 3 unspecified atom stereocenters. The molecule has 0 aliphatic heterocycles. The summed E-state index contributed by atoms with van der Waals surface area (Å²) >= 11 is 0. The first kappa shape index (κ1) is 11.9. The van der Waals surface area contributed by atoms with Crippen molar-refractivity contribution in [3.8, 4) is 0 Å². The second-order valence-electron chi connectivity index (χ2n) is 4.53.